The van der Waals surface area contributed by atoms with E-state index in [4.69, 9.17) is 0 Å². The van der Waals surface area contributed by atoms with Crippen LogP contribution < -0.4 is 5.32 Å². The second kappa shape index (κ2) is 6.87. The summed E-state index contributed by atoms with van der Waals surface area (Å²) in [6.07, 6.45) is 3.79. The van der Waals surface area contributed by atoms with Crippen molar-refractivity contribution in [1.29, 1.82) is 0 Å². The average Bonchev–Trinajstić information content (AvgIpc) is 2.42. The predicted octanol–water partition coefficient (Wildman–Crippen LogP) is 2.11. The lowest BCUT2D eigenvalue weighted by atomic mass is 9.96. The van der Waals surface area contributed by atoms with Gasteiger partial charge in [0.1, 0.15) is 5.82 Å². The summed E-state index contributed by atoms with van der Waals surface area (Å²) >= 11 is 0. The number of aliphatic hydroxyl groups excluding tert-OH is 1. The molecule has 0 radical (unpaired) electrons. The number of anilines is 1. The Bertz CT molecular complexity index is 397. The number of nitrogens with one attached hydrogen (secondary N) is 1. The van der Waals surface area contributed by atoms with Crippen LogP contribution in [0.2, 0.25) is 0 Å². The van der Waals surface area contributed by atoms with E-state index in [1.807, 2.05) is 12.3 Å². The third kappa shape index (κ3) is 3.91. The van der Waals surface area contributed by atoms with Crippen LogP contribution in [0, 0.1) is 5.92 Å². The minimum Gasteiger partial charge on any atom is -0.392 e. The highest BCUT2D eigenvalue weighted by atomic mass is 16.3. The zero-order valence-electron chi connectivity index (χ0n) is 12.0. The van der Waals surface area contributed by atoms with Gasteiger partial charge in [0, 0.05) is 31.4 Å². The lowest BCUT2D eigenvalue weighted by molar-refractivity contribution is 0.0259. The molecule has 2 N–H and O–H groups in total. The third-order valence-corrected chi connectivity index (χ3v) is 3.83. The summed E-state index contributed by atoms with van der Waals surface area (Å²) in [5.74, 6) is 1.40. The fourth-order valence-corrected chi connectivity index (χ4v) is 2.47. The summed E-state index contributed by atoms with van der Waals surface area (Å²) in [6, 6.07) is 4.10. The van der Waals surface area contributed by atoms with E-state index in [1.165, 1.54) is 5.56 Å². The number of pyridine rings is 1. The number of aromatic nitrogens is 1. The van der Waals surface area contributed by atoms with Crippen LogP contribution in [0.3, 0.4) is 0 Å². The van der Waals surface area contributed by atoms with Crippen molar-refractivity contribution in [1.82, 2.24) is 9.88 Å². The quantitative estimate of drug-likeness (QED) is 0.854. The van der Waals surface area contributed by atoms with E-state index in [0.717, 1.165) is 44.8 Å². The van der Waals surface area contributed by atoms with Crippen LogP contribution in [0.4, 0.5) is 5.82 Å². The first kappa shape index (κ1) is 14.3. The topological polar surface area (TPSA) is 48.4 Å². The Morgan fingerprint density at radius 1 is 1.53 bits per heavy atom. The summed E-state index contributed by atoms with van der Waals surface area (Å²) in [7, 11) is 0. The summed E-state index contributed by atoms with van der Waals surface area (Å²) in [5.41, 5.74) is 1.22. The van der Waals surface area contributed by atoms with E-state index in [9.17, 15) is 5.11 Å². The Hall–Kier alpha value is -1.13. The zero-order valence-corrected chi connectivity index (χ0v) is 12.0. The third-order valence-electron chi connectivity index (χ3n) is 3.83. The predicted molar refractivity (Wildman–Crippen MR) is 78.1 cm³/mol. The lowest BCUT2D eigenvalue weighted by Gasteiger charge is -2.34. The zero-order chi connectivity index (χ0) is 13.7. The van der Waals surface area contributed by atoms with Crippen molar-refractivity contribution < 1.29 is 5.11 Å². The molecule has 1 aromatic heterocycles. The molecule has 2 heterocycles. The van der Waals surface area contributed by atoms with E-state index in [2.05, 4.69) is 35.1 Å². The van der Waals surface area contributed by atoms with Crippen molar-refractivity contribution >= 4 is 5.82 Å². The van der Waals surface area contributed by atoms with E-state index in [0.29, 0.717) is 5.92 Å². The smallest absolute Gasteiger partial charge is 0.130 e. The maximum Gasteiger partial charge on any atom is 0.130 e. The van der Waals surface area contributed by atoms with Crippen molar-refractivity contribution in [2.75, 3.05) is 25.0 Å². The van der Waals surface area contributed by atoms with Crippen molar-refractivity contribution in [3.05, 3.63) is 23.9 Å². The maximum atomic E-state index is 9.96. The van der Waals surface area contributed by atoms with Gasteiger partial charge in [-0.3, -0.25) is 4.90 Å². The lowest BCUT2D eigenvalue weighted by Crippen LogP contribution is -2.42. The van der Waals surface area contributed by atoms with Gasteiger partial charge in [0.25, 0.3) is 0 Å². The van der Waals surface area contributed by atoms with Gasteiger partial charge in [-0.1, -0.05) is 19.9 Å². The Labute approximate surface area is 115 Å². The van der Waals surface area contributed by atoms with E-state index >= 15 is 0 Å². The summed E-state index contributed by atoms with van der Waals surface area (Å²) < 4.78 is 0. The van der Waals surface area contributed by atoms with Crippen LogP contribution in [0.25, 0.3) is 0 Å². The molecular formula is C15H25N3O. The van der Waals surface area contributed by atoms with Gasteiger partial charge in [-0.05, 0) is 31.4 Å². The average molecular weight is 263 g/mol. The summed E-state index contributed by atoms with van der Waals surface area (Å²) in [4.78, 5) is 6.73. The van der Waals surface area contributed by atoms with Crippen LogP contribution >= 0.6 is 0 Å². The number of piperidine rings is 1. The van der Waals surface area contributed by atoms with Crippen molar-refractivity contribution in [3.8, 4) is 0 Å². The molecule has 2 unspecified atom stereocenters. The monoisotopic (exact) mass is 263 g/mol. The number of β-amino-alcohol motifs (C(OH)–C–C–N with tert-alkyl or cyclic N) is 1. The summed E-state index contributed by atoms with van der Waals surface area (Å²) in [6.45, 7) is 7.91. The Morgan fingerprint density at radius 2 is 2.37 bits per heavy atom. The second-order valence-corrected chi connectivity index (χ2v) is 5.51. The standard InChI is InChI=1S/C15H25N3O/c1-3-7-16-15-13(5-4-8-17-15)10-18-9-6-12(2)14(19)11-18/h4-5,8,12,14,19H,3,6-7,9-11H2,1-2H3,(H,16,17). The fraction of sp³-hybridized carbons (Fsp3) is 0.667. The van der Waals surface area contributed by atoms with Gasteiger partial charge >= 0.3 is 0 Å². The van der Waals surface area contributed by atoms with Crippen LogP contribution in [-0.4, -0.2) is 40.7 Å². The molecule has 0 saturated carbocycles. The van der Waals surface area contributed by atoms with Crippen LogP contribution in [0.5, 0.6) is 0 Å². The number of likely N-dealkylation sites (tertiary alicyclic amines) is 1. The van der Waals surface area contributed by atoms with Gasteiger partial charge < -0.3 is 10.4 Å². The number of rotatable bonds is 5. The van der Waals surface area contributed by atoms with Gasteiger partial charge in [-0.25, -0.2) is 4.98 Å². The van der Waals surface area contributed by atoms with Gasteiger partial charge in [-0.2, -0.15) is 0 Å². The molecule has 4 heteroatoms. The van der Waals surface area contributed by atoms with Crippen LogP contribution in [0.15, 0.2) is 18.3 Å². The van der Waals surface area contributed by atoms with Crippen molar-refractivity contribution in [3.63, 3.8) is 0 Å². The fourth-order valence-electron chi connectivity index (χ4n) is 2.47. The highest BCUT2D eigenvalue weighted by Crippen LogP contribution is 2.21. The molecule has 0 bridgehead atoms. The number of hydrogen-bond acceptors (Lipinski definition) is 4. The molecule has 1 aromatic rings. The van der Waals surface area contributed by atoms with Gasteiger partial charge in [0.2, 0.25) is 0 Å². The van der Waals surface area contributed by atoms with Crippen molar-refractivity contribution in [2.45, 2.75) is 39.3 Å². The number of nitrogens with zero attached hydrogens (tertiary/aromatic N) is 2. The molecule has 1 aliphatic heterocycles. The minimum absolute atomic E-state index is 0.197. The molecular weight excluding hydrogens is 238 g/mol. The van der Waals surface area contributed by atoms with E-state index in [-0.39, 0.29) is 6.10 Å². The molecule has 1 fully saturated rings. The largest absolute Gasteiger partial charge is 0.392 e. The molecule has 1 saturated heterocycles. The van der Waals surface area contributed by atoms with Crippen LogP contribution in [-0.2, 0) is 6.54 Å². The summed E-state index contributed by atoms with van der Waals surface area (Å²) in [5, 5.41) is 13.3. The molecule has 19 heavy (non-hydrogen) atoms. The normalized spacial score (nSPS) is 24.4. The molecule has 0 aromatic carbocycles. The second-order valence-electron chi connectivity index (χ2n) is 5.51. The Morgan fingerprint density at radius 3 is 3.11 bits per heavy atom. The minimum atomic E-state index is -0.197. The first-order valence-electron chi connectivity index (χ1n) is 7.29. The highest BCUT2D eigenvalue weighted by molar-refractivity contribution is 5.43. The Kier molecular flexibility index (Phi) is 5.16. The first-order valence-corrected chi connectivity index (χ1v) is 7.29. The first-order chi connectivity index (χ1) is 9.20. The molecule has 0 spiro atoms. The molecule has 4 nitrogen and oxygen atoms in total. The molecule has 106 valence electrons. The molecule has 0 amide bonds. The molecule has 2 rings (SSSR count). The molecule has 2 atom stereocenters. The SMILES string of the molecule is CCCNc1ncccc1CN1CCC(C)C(O)C1. The molecule has 0 aliphatic carbocycles. The Balaban J connectivity index is 1.98. The van der Waals surface area contributed by atoms with Gasteiger partial charge in [0.15, 0.2) is 0 Å². The number of aliphatic hydroxyl groups is 1. The van der Waals surface area contributed by atoms with Gasteiger partial charge in [-0.15, -0.1) is 0 Å². The van der Waals surface area contributed by atoms with E-state index in [1.54, 1.807) is 0 Å². The van der Waals surface area contributed by atoms with Crippen LogP contribution in [0.1, 0.15) is 32.3 Å². The number of hydrogen-bond donors (Lipinski definition) is 2. The van der Waals surface area contributed by atoms with Crippen molar-refractivity contribution in [2.24, 2.45) is 5.92 Å². The maximum absolute atomic E-state index is 9.96. The highest BCUT2D eigenvalue weighted by Gasteiger charge is 2.24. The van der Waals surface area contributed by atoms with E-state index < -0.39 is 0 Å². The molecule has 1 aliphatic rings. The van der Waals surface area contributed by atoms with Gasteiger partial charge in [0.05, 0.1) is 6.10 Å².